The summed E-state index contributed by atoms with van der Waals surface area (Å²) >= 11 is 0. The molecule has 0 saturated carbocycles. The van der Waals surface area contributed by atoms with Crippen molar-refractivity contribution in [1.82, 2.24) is 10.2 Å². The summed E-state index contributed by atoms with van der Waals surface area (Å²) in [5.41, 5.74) is 1.62. The lowest BCUT2D eigenvalue weighted by Crippen LogP contribution is -2.14. The van der Waals surface area contributed by atoms with Gasteiger partial charge in [-0.3, -0.25) is 0 Å². The smallest absolute Gasteiger partial charge is 0.361 e. The van der Waals surface area contributed by atoms with E-state index in [4.69, 9.17) is 4.74 Å². The second-order valence-corrected chi connectivity index (χ2v) is 4.17. The van der Waals surface area contributed by atoms with Gasteiger partial charge in [0.25, 0.3) is 0 Å². The Bertz CT molecular complexity index is 626. The third kappa shape index (κ3) is 2.93. The molecule has 104 valence electrons. The number of rotatable bonds is 6. The first-order valence-corrected chi connectivity index (χ1v) is 6.55. The predicted molar refractivity (Wildman–Crippen MR) is 78.8 cm³/mol. The van der Waals surface area contributed by atoms with Crippen molar-refractivity contribution in [1.29, 1.82) is 0 Å². The van der Waals surface area contributed by atoms with Gasteiger partial charge >= 0.3 is 5.97 Å². The Labute approximate surface area is 117 Å². The number of anilines is 1. The lowest BCUT2D eigenvalue weighted by Gasteiger charge is -2.12. The zero-order valence-electron chi connectivity index (χ0n) is 11.4. The normalized spacial score (nSPS) is 10.2. The van der Waals surface area contributed by atoms with Crippen LogP contribution in [0.2, 0.25) is 0 Å². The number of benzene rings is 1. The van der Waals surface area contributed by atoms with Crippen molar-refractivity contribution in [2.75, 3.05) is 18.5 Å². The van der Waals surface area contributed by atoms with Crippen LogP contribution in [-0.2, 0) is 4.74 Å². The molecule has 1 heterocycles. The van der Waals surface area contributed by atoms with E-state index in [0.717, 1.165) is 17.3 Å². The van der Waals surface area contributed by atoms with Crippen LogP contribution in [-0.4, -0.2) is 29.3 Å². The Morgan fingerprint density at radius 2 is 2.20 bits per heavy atom. The number of fused-ring (bicyclic) bond motifs is 1. The molecule has 1 aromatic carbocycles. The van der Waals surface area contributed by atoms with Crippen molar-refractivity contribution in [3.05, 3.63) is 42.6 Å². The zero-order chi connectivity index (χ0) is 14.4. The third-order valence-corrected chi connectivity index (χ3v) is 2.79. The molecule has 0 saturated heterocycles. The minimum atomic E-state index is -0.466. The van der Waals surface area contributed by atoms with Gasteiger partial charge in [-0.2, -0.15) is 0 Å². The fourth-order valence-electron chi connectivity index (χ4n) is 1.87. The molecule has 5 heteroatoms. The van der Waals surface area contributed by atoms with Crippen LogP contribution in [0.1, 0.15) is 23.8 Å². The van der Waals surface area contributed by atoms with Crippen LogP contribution >= 0.6 is 0 Å². The van der Waals surface area contributed by atoms with Crippen LogP contribution in [0, 0.1) is 0 Å². The summed E-state index contributed by atoms with van der Waals surface area (Å²) in [6.07, 6.45) is 2.60. The maximum Gasteiger partial charge on any atom is 0.361 e. The molecule has 5 nitrogen and oxygen atoms in total. The Morgan fingerprint density at radius 1 is 1.40 bits per heavy atom. The quantitative estimate of drug-likeness (QED) is 0.497. The first kappa shape index (κ1) is 14.0. The van der Waals surface area contributed by atoms with E-state index in [9.17, 15) is 4.79 Å². The molecule has 1 aromatic heterocycles. The molecule has 2 aromatic rings. The zero-order valence-corrected chi connectivity index (χ0v) is 11.4. The highest BCUT2D eigenvalue weighted by Crippen LogP contribution is 2.24. The van der Waals surface area contributed by atoms with E-state index < -0.39 is 5.97 Å². The van der Waals surface area contributed by atoms with E-state index in [2.05, 4.69) is 22.1 Å². The number of hydrogen-bond acceptors (Lipinski definition) is 5. The number of nitrogens with one attached hydrogen (secondary N) is 1. The molecule has 0 aliphatic carbocycles. The monoisotopic (exact) mass is 271 g/mol. The minimum Gasteiger partial charge on any atom is -0.461 e. The van der Waals surface area contributed by atoms with E-state index in [1.54, 1.807) is 6.92 Å². The number of esters is 1. The number of ether oxygens (including phenoxy) is 1. The van der Waals surface area contributed by atoms with Crippen molar-refractivity contribution >= 4 is 22.6 Å². The van der Waals surface area contributed by atoms with Gasteiger partial charge in [-0.25, -0.2) is 4.79 Å². The number of aromatic nitrogens is 2. The standard InChI is InChI=1S/C15H17N3O2/c1-3-5-10-16-13-11-8-6-7-9-12(11)17-18-14(13)15(19)20-4-2/h3,6-9H,1,4-5,10H2,2H3,(H,16,17). The summed E-state index contributed by atoms with van der Waals surface area (Å²) in [5, 5.41) is 12.1. The summed E-state index contributed by atoms with van der Waals surface area (Å²) < 4.78 is 5.02. The molecule has 0 radical (unpaired) electrons. The van der Waals surface area contributed by atoms with Gasteiger partial charge in [0.05, 0.1) is 17.8 Å². The molecule has 0 amide bonds. The lowest BCUT2D eigenvalue weighted by atomic mass is 10.1. The lowest BCUT2D eigenvalue weighted by molar-refractivity contribution is 0.0519. The van der Waals surface area contributed by atoms with E-state index in [0.29, 0.717) is 18.8 Å². The minimum absolute atomic E-state index is 0.217. The van der Waals surface area contributed by atoms with Gasteiger partial charge in [0.15, 0.2) is 5.69 Å². The second kappa shape index (κ2) is 6.65. The molecular formula is C15H17N3O2. The Kier molecular flexibility index (Phi) is 4.65. The Hall–Kier alpha value is -2.43. The van der Waals surface area contributed by atoms with Gasteiger partial charge in [0.2, 0.25) is 0 Å². The van der Waals surface area contributed by atoms with E-state index in [1.807, 2.05) is 30.3 Å². The molecule has 0 fully saturated rings. The van der Waals surface area contributed by atoms with E-state index >= 15 is 0 Å². The highest BCUT2D eigenvalue weighted by molar-refractivity contribution is 6.03. The van der Waals surface area contributed by atoms with Gasteiger partial charge in [-0.15, -0.1) is 16.8 Å². The highest BCUT2D eigenvalue weighted by atomic mass is 16.5. The van der Waals surface area contributed by atoms with Crippen LogP contribution in [0.3, 0.4) is 0 Å². The summed E-state index contributed by atoms with van der Waals surface area (Å²) in [7, 11) is 0. The Balaban J connectivity index is 2.46. The molecule has 2 rings (SSSR count). The first-order chi connectivity index (χ1) is 9.77. The fourth-order valence-corrected chi connectivity index (χ4v) is 1.87. The van der Waals surface area contributed by atoms with Crippen molar-refractivity contribution < 1.29 is 9.53 Å². The number of nitrogens with zero attached hydrogens (tertiary/aromatic N) is 2. The average Bonchev–Trinajstić information content (AvgIpc) is 2.47. The van der Waals surface area contributed by atoms with Gasteiger partial charge in [0.1, 0.15) is 0 Å². The maximum absolute atomic E-state index is 12.0. The van der Waals surface area contributed by atoms with Crippen LogP contribution in [0.15, 0.2) is 36.9 Å². The van der Waals surface area contributed by atoms with Gasteiger partial charge in [-0.05, 0) is 19.4 Å². The summed E-state index contributed by atoms with van der Waals surface area (Å²) in [4.78, 5) is 12.0. The largest absolute Gasteiger partial charge is 0.461 e. The van der Waals surface area contributed by atoms with Gasteiger partial charge < -0.3 is 10.1 Å². The summed E-state index contributed by atoms with van der Waals surface area (Å²) in [6, 6.07) is 7.55. The SMILES string of the molecule is C=CCCNc1c(C(=O)OCC)nnc2ccccc12. The average molecular weight is 271 g/mol. The molecule has 0 spiro atoms. The van der Waals surface area contributed by atoms with Crippen LogP contribution in [0.4, 0.5) is 5.69 Å². The molecule has 0 bridgehead atoms. The van der Waals surface area contributed by atoms with E-state index in [-0.39, 0.29) is 5.69 Å². The van der Waals surface area contributed by atoms with Gasteiger partial charge in [-0.1, -0.05) is 24.3 Å². The molecule has 0 aliphatic heterocycles. The number of carbonyl (C=O) groups excluding carboxylic acids is 1. The highest BCUT2D eigenvalue weighted by Gasteiger charge is 2.18. The van der Waals surface area contributed by atoms with Crippen molar-refractivity contribution in [3.8, 4) is 0 Å². The summed E-state index contributed by atoms with van der Waals surface area (Å²) in [5.74, 6) is -0.466. The topological polar surface area (TPSA) is 64.1 Å². The van der Waals surface area contributed by atoms with Crippen LogP contribution < -0.4 is 5.32 Å². The predicted octanol–water partition coefficient (Wildman–Crippen LogP) is 2.79. The molecule has 0 unspecified atom stereocenters. The molecule has 0 atom stereocenters. The van der Waals surface area contributed by atoms with Crippen molar-refractivity contribution in [2.24, 2.45) is 0 Å². The van der Waals surface area contributed by atoms with Gasteiger partial charge in [0, 0.05) is 11.9 Å². The van der Waals surface area contributed by atoms with Crippen molar-refractivity contribution in [2.45, 2.75) is 13.3 Å². The van der Waals surface area contributed by atoms with Crippen LogP contribution in [0.5, 0.6) is 0 Å². The molecule has 0 aliphatic rings. The Morgan fingerprint density at radius 3 is 2.95 bits per heavy atom. The van der Waals surface area contributed by atoms with E-state index in [1.165, 1.54) is 0 Å². The first-order valence-electron chi connectivity index (χ1n) is 6.55. The number of hydrogen-bond donors (Lipinski definition) is 1. The fraction of sp³-hybridized carbons (Fsp3) is 0.267. The number of carbonyl (C=O) groups is 1. The molecular weight excluding hydrogens is 254 g/mol. The maximum atomic E-state index is 12.0. The molecule has 1 N–H and O–H groups in total. The summed E-state index contributed by atoms with van der Waals surface area (Å²) in [6.45, 7) is 6.42. The second-order valence-electron chi connectivity index (χ2n) is 4.17. The molecule has 20 heavy (non-hydrogen) atoms. The van der Waals surface area contributed by atoms with Crippen LogP contribution in [0.25, 0.3) is 10.9 Å². The third-order valence-electron chi connectivity index (χ3n) is 2.79. The van der Waals surface area contributed by atoms with Crippen molar-refractivity contribution in [3.63, 3.8) is 0 Å².